The first kappa shape index (κ1) is 18.5. The van der Waals surface area contributed by atoms with E-state index in [1.165, 1.54) is 10.7 Å². The van der Waals surface area contributed by atoms with Gasteiger partial charge in [0.1, 0.15) is 5.60 Å². The highest BCUT2D eigenvalue weighted by atomic mass is 16.6. The summed E-state index contributed by atoms with van der Waals surface area (Å²) in [5.41, 5.74) is -0.178. The Kier molecular flexibility index (Phi) is 7.06. The van der Waals surface area contributed by atoms with Crippen LogP contribution < -0.4 is 16.2 Å². The van der Waals surface area contributed by atoms with E-state index in [-0.39, 0.29) is 5.56 Å². The Balaban J connectivity index is 2.36. The molecule has 1 aromatic rings. The van der Waals surface area contributed by atoms with E-state index in [1.54, 1.807) is 27.0 Å². The molecule has 23 heavy (non-hydrogen) atoms. The van der Waals surface area contributed by atoms with E-state index in [1.807, 2.05) is 6.07 Å². The van der Waals surface area contributed by atoms with E-state index >= 15 is 0 Å². The van der Waals surface area contributed by atoms with E-state index in [9.17, 15) is 9.59 Å². The van der Waals surface area contributed by atoms with Crippen LogP contribution in [0.2, 0.25) is 0 Å². The molecule has 0 unspecified atom stereocenters. The largest absolute Gasteiger partial charge is 0.444 e. The van der Waals surface area contributed by atoms with Crippen molar-refractivity contribution in [3.63, 3.8) is 0 Å². The van der Waals surface area contributed by atoms with Gasteiger partial charge in [-0.05, 0) is 27.2 Å². The summed E-state index contributed by atoms with van der Waals surface area (Å²) in [5, 5.41) is 18.1. The first-order valence-electron chi connectivity index (χ1n) is 7.46. The van der Waals surface area contributed by atoms with Crippen LogP contribution >= 0.6 is 0 Å². The van der Waals surface area contributed by atoms with Gasteiger partial charge in [0.15, 0.2) is 0 Å². The molecular weight excluding hydrogens is 298 g/mol. The number of aromatic nitrogens is 2. The van der Waals surface area contributed by atoms with Crippen molar-refractivity contribution in [3.8, 4) is 6.07 Å². The summed E-state index contributed by atoms with van der Waals surface area (Å²) in [6.07, 6.45) is 2.05. The fourth-order valence-electron chi connectivity index (χ4n) is 1.69. The number of carbonyl (C=O) groups excluding carboxylic acids is 1. The van der Waals surface area contributed by atoms with Crippen LogP contribution in [0, 0.1) is 11.3 Å². The number of hydrogen-bond donors (Lipinski definition) is 2. The summed E-state index contributed by atoms with van der Waals surface area (Å²) in [5.74, 6) is 0. The highest BCUT2D eigenvalue weighted by Crippen LogP contribution is 2.06. The summed E-state index contributed by atoms with van der Waals surface area (Å²) in [6, 6.07) is 3.46. The maximum Gasteiger partial charge on any atom is 0.407 e. The Hall–Kier alpha value is -2.56. The van der Waals surface area contributed by atoms with Gasteiger partial charge in [0.05, 0.1) is 18.0 Å². The zero-order valence-corrected chi connectivity index (χ0v) is 13.8. The van der Waals surface area contributed by atoms with Gasteiger partial charge in [0.25, 0.3) is 5.56 Å². The lowest BCUT2D eigenvalue weighted by Crippen LogP contribution is -2.35. The van der Waals surface area contributed by atoms with E-state index in [4.69, 9.17) is 10.00 Å². The molecule has 8 heteroatoms. The third-order valence-electron chi connectivity index (χ3n) is 2.65. The molecule has 0 fully saturated rings. The average molecular weight is 321 g/mol. The Bertz CT molecular complexity index is 613. The SMILES string of the molecule is CC(C)(C)OC(=O)NCCNc1cnn(CCCC#N)c(=O)c1. The van der Waals surface area contributed by atoms with E-state index in [2.05, 4.69) is 15.7 Å². The van der Waals surface area contributed by atoms with Crippen molar-refractivity contribution in [2.24, 2.45) is 0 Å². The number of nitrogens with one attached hydrogen (secondary N) is 2. The van der Waals surface area contributed by atoms with Crippen molar-refractivity contribution >= 4 is 11.8 Å². The van der Waals surface area contributed by atoms with Gasteiger partial charge in [0.2, 0.25) is 0 Å². The predicted molar refractivity (Wildman–Crippen MR) is 86.1 cm³/mol. The second-order valence-corrected chi connectivity index (χ2v) is 5.92. The smallest absolute Gasteiger partial charge is 0.407 e. The molecule has 0 spiro atoms. The maximum atomic E-state index is 11.8. The van der Waals surface area contributed by atoms with Gasteiger partial charge in [0, 0.05) is 32.1 Å². The molecule has 0 aliphatic rings. The molecule has 126 valence electrons. The first-order chi connectivity index (χ1) is 10.8. The second kappa shape index (κ2) is 8.78. The zero-order valence-electron chi connectivity index (χ0n) is 13.8. The topological polar surface area (TPSA) is 109 Å². The number of unbranched alkanes of at least 4 members (excludes halogenated alkanes) is 1. The number of alkyl carbamates (subject to hydrolysis) is 1. The third kappa shape index (κ3) is 7.85. The summed E-state index contributed by atoms with van der Waals surface area (Å²) in [6.45, 7) is 6.61. The number of rotatable bonds is 7. The molecule has 2 N–H and O–H groups in total. The summed E-state index contributed by atoms with van der Waals surface area (Å²) < 4.78 is 6.43. The quantitative estimate of drug-likeness (QED) is 0.736. The molecular formula is C15H23N5O3. The molecule has 1 amide bonds. The minimum absolute atomic E-state index is 0.229. The lowest BCUT2D eigenvalue weighted by atomic mass is 10.2. The van der Waals surface area contributed by atoms with Gasteiger partial charge in [-0.3, -0.25) is 4.79 Å². The molecule has 0 radical (unpaired) electrons. The minimum Gasteiger partial charge on any atom is -0.444 e. The third-order valence-corrected chi connectivity index (χ3v) is 2.65. The molecule has 0 aromatic carbocycles. The number of anilines is 1. The maximum absolute atomic E-state index is 11.8. The van der Waals surface area contributed by atoms with Gasteiger partial charge in [-0.2, -0.15) is 10.4 Å². The first-order valence-corrected chi connectivity index (χ1v) is 7.46. The van der Waals surface area contributed by atoms with Crippen LogP contribution in [0.5, 0.6) is 0 Å². The number of aryl methyl sites for hydroxylation is 1. The van der Waals surface area contributed by atoms with Gasteiger partial charge in [-0.1, -0.05) is 0 Å². The molecule has 0 aliphatic carbocycles. The molecule has 1 aromatic heterocycles. The standard InChI is InChI=1S/C15H23N5O3/c1-15(2,3)23-14(22)18-8-7-17-12-10-13(21)20(19-11-12)9-5-4-6-16/h10-11,17H,4-5,7-9H2,1-3H3,(H,18,22). The molecule has 1 rings (SSSR count). The van der Waals surface area contributed by atoms with Crippen molar-refractivity contribution in [2.45, 2.75) is 45.8 Å². The van der Waals surface area contributed by atoms with E-state index < -0.39 is 11.7 Å². The Morgan fingerprint density at radius 1 is 1.43 bits per heavy atom. The van der Waals surface area contributed by atoms with Crippen molar-refractivity contribution in [2.75, 3.05) is 18.4 Å². The summed E-state index contributed by atoms with van der Waals surface area (Å²) in [4.78, 5) is 23.3. The highest BCUT2D eigenvalue weighted by molar-refractivity contribution is 5.67. The van der Waals surface area contributed by atoms with Crippen molar-refractivity contribution in [3.05, 3.63) is 22.6 Å². The Morgan fingerprint density at radius 3 is 2.78 bits per heavy atom. The van der Waals surface area contributed by atoms with Crippen LogP contribution in [0.25, 0.3) is 0 Å². The van der Waals surface area contributed by atoms with Crippen molar-refractivity contribution < 1.29 is 9.53 Å². The van der Waals surface area contributed by atoms with Gasteiger partial charge >= 0.3 is 6.09 Å². The number of hydrogen-bond acceptors (Lipinski definition) is 6. The zero-order chi connectivity index (χ0) is 17.3. The molecule has 0 saturated carbocycles. The normalized spacial score (nSPS) is 10.7. The lowest BCUT2D eigenvalue weighted by Gasteiger charge is -2.19. The van der Waals surface area contributed by atoms with Crippen LogP contribution in [-0.2, 0) is 11.3 Å². The van der Waals surface area contributed by atoms with Crippen LogP contribution in [-0.4, -0.2) is 34.6 Å². The van der Waals surface area contributed by atoms with E-state index in [0.29, 0.717) is 38.2 Å². The van der Waals surface area contributed by atoms with Crippen molar-refractivity contribution in [1.29, 1.82) is 5.26 Å². The summed E-state index contributed by atoms with van der Waals surface area (Å²) >= 11 is 0. The number of nitrogens with zero attached hydrogens (tertiary/aromatic N) is 3. The minimum atomic E-state index is -0.530. The fraction of sp³-hybridized carbons (Fsp3) is 0.600. The Labute approximate surface area is 135 Å². The van der Waals surface area contributed by atoms with Crippen LogP contribution in [0.1, 0.15) is 33.6 Å². The van der Waals surface area contributed by atoms with Crippen molar-refractivity contribution in [1.82, 2.24) is 15.1 Å². The molecule has 1 heterocycles. The monoisotopic (exact) mass is 321 g/mol. The fourth-order valence-corrected chi connectivity index (χ4v) is 1.69. The lowest BCUT2D eigenvalue weighted by molar-refractivity contribution is 0.0530. The van der Waals surface area contributed by atoms with Crippen LogP contribution in [0.15, 0.2) is 17.1 Å². The highest BCUT2D eigenvalue weighted by Gasteiger charge is 2.15. The van der Waals surface area contributed by atoms with Crippen LogP contribution in [0.4, 0.5) is 10.5 Å². The average Bonchev–Trinajstić information content (AvgIpc) is 2.44. The van der Waals surface area contributed by atoms with Gasteiger partial charge < -0.3 is 15.4 Å². The molecule has 8 nitrogen and oxygen atoms in total. The number of amides is 1. The number of nitriles is 1. The molecule has 0 atom stereocenters. The predicted octanol–water partition coefficient (Wildman–Crippen LogP) is 1.48. The van der Waals surface area contributed by atoms with E-state index in [0.717, 1.165) is 0 Å². The second-order valence-electron chi connectivity index (χ2n) is 5.92. The summed E-state index contributed by atoms with van der Waals surface area (Å²) in [7, 11) is 0. The van der Waals surface area contributed by atoms with Gasteiger partial charge in [-0.25, -0.2) is 9.48 Å². The molecule has 0 bridgehead atoms. The molecule has 0 aliphatic heterocycles. The van der Waals surface area contributed by atoms with Gasteiger partial charge in [-0.15, -0.1) is 0 Å². The Morgan fingerprint density at radius 2 is 2.17 bits per heavy atom. The number of ether oxygens (including phenoxy) is 1. The van der Waals surface area contributed by atoms with Crippen LogP contribution in [0.3, 0.4) is 0 Å². The number of carbonyl (C=O) groups is 1. The molecule has 0 saturated heterocycles.